The second-order valence-electron chi connectivity index (χ2n) is 3.18. The van der Waals surface area contributed by atoms with Crippen molar-refractivity contribution in [1.29, 1.82) is 0 Å². The molecule has 2 N–H and O–H groups in total. The number of aliphatic carboxylic acids is 1. The average molecular weight is 221 g/mol. The van der Waals surface area contributed by atoms with Gasteiger partial charge in [0, 0.05) is 5.56 Å². The Kier molecular flexibility index (Phi) is 4.20. The van der Waals surface area contributed by atoms with Gasteiger partial charge in [-0.25, -0.2) is 0 Å². The topological polar surface area (TPSA) is 83.5 Å². The molecule has 0 aliphatic rings. The molecule has 1 atom stereocenters. The SMILES string of the molecule is O=C[C@@H](CC(=O)O)NC(=O)c1ccccc1. The number of hydrogen-bond donors (Lipinski definition) is 2. The molecule has 5 nitrogen and oxygen atoms in total. The number of rotatable bonds is 5. The Hall–Kier alpha value is -2.17. The van der Waals surface area contributed by atoms with Crippen LogP contribution in [0, 0.1) is 0 Å². The average Bonchev–Trinajstić information content (AvgIpc) is 2.28. The number of aldehydes is 1. The van der Waals surface area contributed by atoms with E-state index in [0.29, 0.717) is 11.8 Å². The molecule has 5 heteroatoms. The van der Waals surface area contributed by atoms with Crippen molar-refractivity contribution in [2.24, 2.45) is 0 Å². The lowest BCUT2D eigenvalue weighted by Gasteiger charge is -2.10. The van der Waals surface area contributed by atoms with Gasteiger partial charge in [-0.3, -0.25) is 9.59 Å². The van der Waals surface area contributed by atoms with Crippen LogP contribution in [0.4, 0.5) is 0 Å². The van der Waals surface area contributed by atoms with Crippen LogP contribution in [-0.4, -0.2) is 29.3 Å². The van der Waals surface area contributed by atoms with Gasteiger partial charge in [-0.15, -0.1) is 0 Å². The standard InChI is InChI=1S/C11H11NO4/c13-7-9(6-10(14)15)12-11(16)8-4-2-1-3-5-8/h1-5,7,9H,6H2,(H,12,16)(H,14,15)/t9-/m1/s1. The molecule has 1 aromatic carbocycles. The van der Waals surface area contributed by atoms with Crippen molar-refractivity contribution in [3.05, 3.63) is 35.9 Å². The van der Waals surface area contributed by atoms with Crippen LogP contribution in [-0.2, 0) is 9.59 Å². The van der Waals surface area contributed by atoms with E-state index in [1.807, 2.05) is 0 Å². The smallest absolute Gasteiger partial charge is 0.305 e. The highest BCUT2D eigenvalue weighted by atomic mass is 16.4. The lowest BCUT2D eigenvalue weighted by molar-refractivity contribution is -0.138. The predicted molar refractivity (Wildman–Crippen MR) is 56.0 cm³/mol. The fourth-order valence-corrected chi connectivity index (χ4v) is 1.16. The summed E-state index contributed by atoms with van der Waals surface area (Å²) in [6.45, 7) is 0. The second kappa shape index (κ2) is 5.65. The molecule has 0 saturated heterocycles. The number of benzene rings is 1. The van der Waals surface area contributed by atoms with Crippen molar-refractivity contribution < 1.29 is 19.5 Å². The van der Waals surface area contributed by atoms with Crippen molar-refractivity contribution >= 4 is 18.2 Å². The Labute approximate surface area is 92.1 Å². The predicted octanol–water partition coefficient (Wildman–Crippen LogP) is 0.459. The van der Waals surface area contributed by atoms with E-state index in [1.165, 1.54) is 0 Å². The maximum absolute atomic E-state index is 11.5. The molecule has 1 aromatic rings. The Balaban J connectivity index is 2.62. The van der Waals surface area contributed by atoms with Gasteiger partial charge in [0.25, 0.3) is 5.91 Å². The van der Waals surface area contributed by atoms with Gasteiger partial charge in [0.2, 0.25) is 0 Å². The van der Waals surface area contributed by atoms with Crippen molar-refractivity contribution in [2.75, 3.05) is 0 Å². The van der Waals surface area contributed by atoms with Crippen molar-refractivity contribution in [3.63, 3.8) is 0 Å². The molecule has 0 unspecified atom stereocenters. The van der Waals surface area contributed by atoms with E-state index in [9.17, 15) is 14.4 Å². The van der Waals surface area contributed by atoms with Gasteiger partial charge < -0.3 is 15.2 Å². The zero-order chi connectivity index (χ0) is 12.0. The number of amides is 1. The Morgan fingerprint density at radius 1 is 1.31 bits per heavy atom. The maximum Gasteiger partial charge on any atom is 0.305 e. The van der Waals surface area contributed by atoms with Gasteiger partial charge in [-0.05, 0) is 12.1 Å². The molecule has 1 amide bonds. The molecule has 0 aliphatic carbocycles. The van der Waals surface area contributed by atoms with Gasteiger partial charge in [0.05, 0.1) is 12.5 Å². The van der Waals surface area contributed by atoms with E-state index in [4.69, 9.17) is 5.11 Å². The third kappa shape index (κ3) is 3.53. The molecule has 0 heterocycles. The summed E-state index contributed by atoms with van der Waals surface area (Å²) in [6.07, 6.45) is -0.00294. The van der Waals surface area contributed by atoms with Crippen LogP contribution in [0.25, 0.3) is 0 Å². The largest absolute Gasteiger partial charge is 0.481 e. The van der Waals surface area contributed by atoms with Gasteiger partial charge in [-0.1, -0.05) is 18.2 Å². The number of carboxylic acids is 1. The highest BCUT2D eigenvalue weighted by Crippen LogP contribution is 1.99. The van der Waals surface area contributed by atoms with Crippen LogP contribution >= 0.6 is 0 Å². The Morgan fingerprint density at radius 2 is 1.94 bits per heavy atom. The van der Waals surface area contributed by atoms with Gasteiger partial charge >= 0.3 is 5.97 Å². The molecule has 0 saturated carbocycles. The first-order chi connectivity index (χ1) is 7.63. The normalized spacial score (nSPS) is 11.5. The fourth-order valence-electron chi connectivity index (χ4n) is 1.16. The monoisotopic (exact) mass is 221 g/mol. The lowest BCUT2D eigenvalue weighted by atomic mass is 10.2. The first-order valence-electron chi connectivity index (χ1n) is 4.66. The summed E-state index contributed by atoms with van der Waals surface area (Å²) in [6, 6.07) is 7.29. The van der Waals surface area contributed by atoms with E-state index in [0.717, 1.165) is 0 Å². The highest BCUT2D eigenvalue weighted by Gasteiger charge is 2.15. The molecule has 84 valence electrons. The molecule has 16 heavy (non-hydrogen) atoms. The number of carbonyl (C=O) groups is 3. The highest BCUT2D eigenvalue weighted by molar-refractivity contribution is 5.96. The van der Waals surface area contributed by atoms with Crippen LogP contribution in [0.2, 0.25) is 0 Å². The minimum Gasteiger partial charge on any atom is -0.481 e. The summed E-state index contributed by atoms with van der Waals surface area (Å²) in [5.41, 5.74) is 0.389. The number of nitrogens with one attached hydrogen (secondary N) is 1. The Morgan fingerprint density at radius 3 is 2.44 bits per heavy atom. The Bertz CT molecular complexity index is 388. The minimum atomic E-state index is -1.13. The number of hydrogen-bond acceptors (Lipinski definition) is 3. The second-order valence-corrected chi connectivity index (χ2v) is 3.18. The van der Waals surface area contributed by atoms with Gasteiger partial charge in [0.15, 0.2) is 0 Å². The van der Waals surface area contributed by atoms with E-state index in [-0.39, 0.29) is 0 Å². The van der Waals surface area contributed by atoms with E-state index in [1.54, 1.807) is 30.3 Å². The number of carbonyl (C=O) groups excluding carboxylic acids is 2. The van der Waals surface area contributed by atoms with Crippen molar-refractivity contribution in [3.8, 4) is 0 Å². The summed E-state index contributed by atoms with van der Waals surface area (Å²) in [4.78, 5) is 32.4. The van der Waals surface area contributed by atoms with Crippen LogP contribution in [0.5, 0.6) is 0 Å². The summed E-state index contributed by atoms with van der Waals surface area (Å²) < 4.78 is 0. The van der Waals surface area contributed by atoms with Crippen molar-refractivity contribution in [2.45, 2.75) is 12.5 Å². The third-order valence-electron chi connectivity index (χ3n) is 1.91. The zero-order valence-electron chi connectivity index (χ0n) is 8.42. The maximum atomic E-state index is 11.5. The summed E-state index contributed by atoms with van der Waals surface area (Å²) in [5.74, 6) is -1.59. The van der Waals surface area contributed by atoms with Crippen LogP contribution < -0.4 is 5.32 Å². The number of carboxylic acid groups (broad SMARTS) is 1. The van der Waals surface area contributed by atoms with Crippen LogP contribution in [0.15, 0.2) is 30.3 Å². The summed E-state index contributed by atoms with van der Waals surface area (Å²) in [5, 5.41) is 10.8. The van der Waals surface area contributed by atoms with Crippen LogP contribution in [0.1, 0.15) is 16.8 Å². The molecule has 1 rings (SSSR count). The van der Waals surface area contributed by atoms with Gasteiger partial charge in [-0.2, -0.15) is 0 Å². The van der Waals surface area contributed by atoms with Crippen molar-refractivity contribution in [1.82, 2.24) is 5.32 Å². The molecule has 0 aliphatic heterocycles. The minimum absolute atomic E-state index is 0.389. The molecule has 0 spiro atoms. The van der Waals surface area contributed by atoms with Gasteiger partial charge in [0.1, 0.15) is 6.29 Å². The molecule has 0 radical (unpaired) electrons. The first kappa shape index (κ1) is 11.9. The molecule has 0 aromatic heterocycles. The summed E-state index contributed by atoms with van der Waals surface area (Å²) in [7, 11) is 0. The van der Waals surface area contributed by atoms with E-state index in [2.05, 4.69) is 5.32 Å². The first-order valence-corrected chi connectivity index (χ1v) is 4.66. The van der Waals surface area contributed by atoms with E-state index < -0.39 is 24.3 Å². The molecule has 0 bridgehead atoms. The molecule has 0 fully saturated rings. The lowest BCUT2D eigenvalue weighted by Crippen LogP contribution is -2.37. The molecular formula is C11H11NO4. The fraction of sp³-hybridized carbons (Fsp3) is 0.182. The third-order valence-corrected chi connectivity index (χ3v) is 1.91. The van der Waals surface area contributed by atoms with E-state index >= 15 is 0 Å². The van der Waals surface area contributed by atoms with Crippen LogP contribution in [0.3, 0.4) is 0 Å². The summed E-state index contributed by atoms with van der Waals surface area (Å²) >= 11 is 0. The quantitative estimate of drug-likeness (QED) is 0.707. The zero-order valence-corrected chi connectivity index (χ0v) is 8.42. The molecular weight excluding hydrogens is 210 g/mol.